The van der Waals surface area contributed by atoms with E-state index in [0.29, 0.717) is 24.7 Å². The Kier molecular flexibility index (Phi) is 4.81. The zero-order valence-electron chi connectivity index (χ0n) is 14.8. The summed E-state index contributed by atoms with van der Waals surface area (Å²) in [5.74, 6) is 1.16. The van der Waals surface area contributed by atoms with E-state index in [-0.39, 0.29) is 23.8 Å². The summed E-state index contributed by atoms with van der Waals surface area (Å²) in [6, 6.07) is 3.90. The molecule has 2 aliphatic rings. The van der Waals surface area contributed by atoms with Gasteiger partial charge in [-0.2, -0.15) is 0 Å². The number of urea groups is 1. The Hall–Kier alpha value is -2.51. The molecule has 2 aromatic rings. The average Bonchev–Trinajstić information content (AvgIpc) is 3.22. The van der Waals surface area contributed by atoms with Crippen molar-refractivity contribution >= 4 is 6.03 Å². The molecule has 2 amide bonds. The quantitative estimate of drug-likeness (QED) is 0.827. The van der Waals surface area contributed by atoms with E-state index in [0.717, 1.165) is 25.7 Å². The minimum absolute atomic E-state index is 0.145. The predicted molar refractivity (Wildman–Crippen MR) is 95.9 cm³/mol. The van der Waals surface area contributed by atoms with Crippen molar-refractivity contribution < 1.29 is 9.21 Å². The molecule has 0 atom stereocenters. The SMILES string of the molecule is O=C(NCCn1nc(-c2ccco2)n(C2CC2)c1=O)NC1CCCCC1. The van der Waals surface area contributed by atoms with Crippen molar-refractivity contribution in [2.45, 2.75) is 63.6 Å². The first-order chi connectivity index (χ1) is 12.7. The number of hydrogen-bond donors (Lipinski definition) is 2. The van der Waals surface area contributed by atoms with Crippen molar-refractivity contribution in [2.24, 2.45) is 0 Å². The molecule has 2 heterocycles. The van der Waals surface area contributed by atoms with Crippen molar-refractivity contribution in [3.05, 3.63) is 28.9 Å². The molecule has 0 unspecified atom stereocenters. The molecule has 0 aliphatic heterocycles. The molecular weight excluding hydrogens is 334 g/mol. The van der Waals surface area contributed by atoms with E-state index in [9.17, 15) is 9.59 Å². The Morgan fingerprint density at radius 3 is 2.73 bits per heavy atom. The smallest absolute Gasteiger partial charge is 0.346 e. The zero-order valence-corrected chi connectivity index (χ0v) is 14.8. The maximum atomic E-state index is 12.7. The predicted octanol–water partition coefficient (Wildman–Crippen LogP) is 2.27. The van der Waals surface area contributed by atoms with Gasteiger partial charge in [-0.25, -0.2) is 14.3 Å². The summed E-state index contributed by atoms with van der Waals surface area (Å²) in [5, 5.41) is 10.3. The molecule has 0 saturated heterocycles. The summed E-state index contributed by atoms with van der Waals surface area (Å²) in [6.45, 7) is 0.697. The maximum absolute atomic E-state index is 12.7. The number of amides is 2. The summed E-state index contributed by atoms with van der Waals surface area (Å²) in [5.41, 5.74) is -0.145. The third-order valence-corrected chi connectivity index (χ3v) is 5.07. The van der Waals surface area contributed by atoms with Gasteiger partial charge < -0.3 is 15.1 Å². The molecule has 0 spiro atoms. The van der Waals surface area contributed by atoms with Crippen LogP contribution in [0, 0.1) is 0 Å². The number of furan rings is 1. The minimum Gasteiger partial charge on any atom is -0.461 e. The molecule has 2 fully saturated rings. The highest BCUT2D eigenvalue weighted by molar-refractivity contribution is 5.74. The Morgan fingerprint density at radius 1 is 1.23 bits per heavy atom. The largest absolute Gasteiger partial charge is 0.461 e. The third kappa shape index (κ3) is 3.68. The number of hydrogen-bond acceptors (Lipinski definition) is 4. The monoisotopic (exact) mass is 359 g/mol. The van der Waals surface area contributed by atoms with Crippen molar-refractivity contribution in [1.82, 2.24) is 25.0 Å². The molecule has 26 heavy (non-hydrogen) atoms. The van der Waals surface area contributed by atoms with Gasteiger partial charge >= 0.3 is 11.7 Å². The van der Waals surface area contributed by atoms with Crippen molar-refractivity contribution in [3.8, 4) is 11.6 Å². The molecule has 2 aliphatic carbocycles. The number of rotatable bonds is 6. The van der Waals surface area contributed by atoms with Gasteiger partial charge in [0.15, 0.2) is 5.76 Å². The van der Waals surface area contributed by atoms with Crippen LogP contribution in [0.2, 0.25) is 0 Å². The summed E-state index contributed by atoms with van der Waals surface area (Å²) in [7, 11) is 0. The molecule has 2 saturated carbocycles. The van der Waals surface area contributed by atoms with E-state index in [2.05, 4.69) is 15.7 Å². The average molecular weight is 359 g/mol. The normalized spacial score (nSPS) is 18.0. The highest BCUT2D eigenvalue weighted by Crippen LogP contribution is 2.36. The van der Waals surface area contributed by atoms with Gasteiger partial charge in [-0.3, -0.25) is 4.57 Å². The Balaban J connectivity index is 1.37. The standard InChI is InChI=1S/C18H25N5O3/c24-17(20-13-5-2-1-3-6-13)19-10-11-22-18(25)23(14-8-9-14)16(21-22)15-7-4-12-26-15/h4,7,12-14H,1-3,5-6,8-11H2,(H2,19,20,24). The van der Waals surface area contributed by atoms with Crippen LogP contribution in [0.4, 0.5) is 4.79 Å². The number of nitrogens with one attached hydrogen (secondary N) is 2. The molecule has 0 aromatic carbocycles. The number of carbonyl (C=O) groups is 1. The summed E-state index contributed by atoms with van der Waals surface area (Å²) < 4.78 is 8.54. The van der Waals surface area contributed by atoms with Gasteiger partial charge in [-0.05, 0) is 37.8 Å². The van der Waals surface area contributed by atoms with E-state index in [1.54, 1.807) is 23.0 Å². The molecule has 0 bridgehead atoms. The van der Waals surface area contributed by atoms with Crippen LogP contribution >= 0.6 is 0 Å². The van der Waals surface area contributed by atoms with Crippen LogP contribution in [-0.4, -0.2) is 33.0 Å². The van der Waals surface area contributed by atoms with Crippen LogP contribution in [0.3, 0.4) is 0 Å². The molecule has 2 N–H and O–H groups in total. The highest BCUT2D eigenvalue weighted by Gasteiger charge is 2.31. The van der Waals surface area contributed by atoms with Gasteiger partial charge in [0, 0.05) is 18.6 Å². The van der Waals surface area contributed by atoms with E-state index in [1.165, 1.54) is 23.9 Å². The number of nitrogens with zero attached hydrogens (tertiary/aromatic N) is 3. The van der Waals surface area contributed by atoms with Crippen molar-refractivity contribution in [2.75, 3.05) is 6.54 Å². The van der Waals surface area contributed by atoms with Crippen LogP contribution in [0.5, 0.6) is 0 Å². The third-order valence-electron chi connectivity index (χ3n) is 5.07. The van der Waals surface area contributed by atoms with Gasteiger partial charge in [0.1, 0.15) is 0 Å². The Morgan fingerprint density at radius 2 is 2.04 bits per heavy atom. The summed E-state index contributed by atoms with van der Waals surface area (Å²) in [6.07, 6.45) is 9.25. The van der Waals surface area contributed by atoms with Crippen molar-refractivity contribution in [3.63, 3.8) is 0 Å². The Labute approximate surface area is 151 Å². The molecular formula is C18H25N5O3. The molecule has 0 radical (unpaired) electrons. The summed E-state index contributed by atoms with van der Waals surface area (Å²) in [4.78, 5) is 24.7. The molecule has 8 nitrogen and oxygen atoms in total. The first kappa shape index (κ1) is 16.9. The van der Waals surface area contributed by atoms with Crippen LogP contribution < -0.4 is 16.3 Å². The molecule has 2 aromatic heterocycles. The van der Waals surface area contributed by atoms with Gasteiger partial charge in [-0.1, -0.05) is 19.3 Å². The first-order valence-electron chi connectivity index (χ1n) is 9.50. The van der Waals surface area contributed by atoms with Crippen LogP contribution in [0.1, 0.15) is 51.0 Å². The second-order valence-electron chi connectivity index (χ2n) is 7.14. The fourth-order valence-corrected chi connectivity index (χ4v) is 3.56. The zero-order chi connectivity index (χ0) is 17.9. The number of carbonyl (C=O) groups excluding carboxylic acids is 1. The van der Waals surface area contributed by atoms with Gasteiger partial charge in [0.05, 0.1) is 12.8 Å². The fourth-order valence-electron chi connectivity index (χ4n) is 3.56. The van der Waals surface area contributed by atoms with Gasteiger partial charge in [-0.15, -0.1) is 5.10 Å². The van der Waals surface area contributed by atoms with E-state index in [1.807, 2.05) is 0 Å². The topological polar surface area (TPSA) is 94.1 Å². The summed E-state index contributed by atoms with van der Waals surface area (Å²) >= 11 is 0. The van der Waals surface area contributed by atoms with E-state index >= 15 is 0 Å². The molecule has 140 valence electrons. The van der Waals surface area contributed by atoms with Gasteiger partial charge in [0.2, 0.25) is 5.82 Å². The Bertz CT molecular complexity index is 797. The second-order valence-corrected chi connectivity index (χ2v) is 7.14. The number of aromatic nitrogens is 3. The lowest BCUT2D eigenvalue weighted by molar-refractivity contribution is 0.232. The second kappa shape index (κ2) is 7.39. The lowest BCUT2D eigenvalue weighted by Crippen LogP contribution is -2.44. The minimum atomic E-state index is -0.169. The maximum Gasteiger partial charge on any atom is 0.346 e. The van der Waals surface area contributed by atoms with Crippen LogP contribution in [0.25, 0.3) is 11.6 Å². The van der Waals surface area contributed by atoms with E-state index in [4.69, 9.17) is 4.42 Å². The lowest BCUT2D eigenvalue weighted by Gasteiger charge is -2.22. The molecule has 4 rings (SSSR count). The van der Waals surface area contributed by atoms with Gasteiger partial charge in [0.25, 0.3) is 0 Å². The molecule has 8 heteroatoms. The highest BCUT2D eigenvalue weighted by atomic mass is 16.3. The lowest BCUT2D eigenvalue weighted by atomic mass is 9.96. The van der Waals surface area contributed by atoms with E-state index < -0.39 is 0 Å². The fraction of sp³-hybridized carbons (Fsp3) is 0.611. The van der Waals surface area contributed by atoms with Crippen molar-refractivity contribution in [1.29, 1.82) is 0 Å². The van der Waals surface area contributed by atoms with Crippen LogP contribution in [0.15, 0.2) is 27.6 Å². The van der Waals surface area contributed by atoms with Crippen LogP contribution in [-0.2, 0) is 6.54 Å². The first-order valence-corrected chi connectivity index (χ1v) is 9.50.